The molecule has 0 heterocycles. The van der Waals surface area contributed by atoms with Crippen molar-refractivity contribution in [3.05, 3.63) is 35.9 Å². The molecule has 1 aromatic rings. The first-order chi connectivity index (χ1) is 9.02. The number of hydrogen-bond acceptors (Lipinski definition) is 2. The highest BCUT2D eigenvalue weighted by Gasteiger charge is 2.20. The molecular formula is C15H21NO3. The molecule has 0 saturated carbocycles. The van der Waals surface area contributed by atoms with Crippen molar-refractivity contribution >= 4 is 11.9 Å². The smallest absolute Gasteiger partial charge is 0.326 e. The third-order valence-electron chi connectivity index (χ3n) is 3.15. The Bertz CT molecular complexity index is 417. The first-order valence-electron chi connectivity index (χ1n) is 6.59. The molecule has 19 heavy (non-hydrogen) atoms. The molecule has 4 heteroatoms. The van der Waals surface area contributed by atoms with Gasteiger partial charge < -0.3 is 10.4 Å². The number of hydrogen-bond donors (Lipinski definition) is 2. The summed E-state index contributed by atoms with van der Waals surface area (Å²) in [6, 6.07) is 8.44. The van der Waals surface area contributed by atoms with Gasteiger partial charge in [-0.15, -0.1) is 0 Å². The molecule has 0 fully saturated rings. The van der Waals surface area contributed by atoms with Crippen LogP contribution in [-0.4, -0.2) is 23.0 Å². The zero-order valence-electron chi connectivity index (χ0n) is 11.4. The zero-order chi connectivity index (χ0) is 14.3. The van der Waals surface area contributed by atoms with Gasteiger partial charge in [0.1, 0.15) is 6.04 Å². The van der Waals surface area contributed by atoms with E-state index in [0.717, 1.165) is 12.0 Å². The number of carbonyl (C=O) groups is 2. The maximum absolute atomic E-state index is 11.7. The summed E-state index contributed by atoms with van der Waals surface area (Å²) in [5.74, 6) is -0.926. The van der Waals surface area contributed by atoms with Crippen LogP contribution in [0.5, 0.6) is 0 Å². The normalized spacial score (nSPS) is 13.6. The van der Waals surface area contributed by atoms with Gasteiger partial charge in [0.05, 0.1) is 0 Å². The average molecular weight is 263 g/mol. The molecular weight excluding hydrogens is 242 g/mol. The third-order valence-corrected chi connectivity index (χ3v) is 3.15. The highest BCUT2D eigenvalue weighted by molar-refractivity contribution is 5.83. The molecule has 0 radical (unpaired) electrons. The van der Waals surface area contributed by atoms with E-state index in [2.05, 4.69) is 5.32 Å². The van der Waals surface area contributed by atoms with Crippen molar-refractivity contribution in [2.45, 2.75) is 39.2 Å². The Hall–Kier alpha value is -1.84. The Morgan fingerprint density at radius 1 is 1.26 bits per heavy atom. The Morgan fingerprint density at radius 2 is 1.89 bits per heavy atom. The zero-order valence-corrected chi connectivity index (χ0v) is 11.4. The maximum Gasteiger partial charge on any atom is 0.326 e. The molecule has 0 aliphatic rings. The lowest BCUT2D eigenvalue weighted by molar-refractivity contribution is -0.141. The maximum atomic E-state index is 11.7. The molecule has 0 aliphatic heterocycles. The first-order valence-corrected chi connectivity index (χ1v) is 6.59. The molecule has 0 spiro atoms. The molecule has 2 atom stereocenters. The van der Waals surface area contributed by atoms with E-state index in [0.29, 0.717) is 12.8 Å². The predicted octanol–water partition coefficient (Wildman–Crippen LogP) is 2.23. The van der Waals surface area contributed by atoms with Gasteiger partial charge in [0.25, 0.3) is 0 Å². The van der Waals surface area contributed by atoms with Crippen LogP contribution in [0.25, 0.3) is 0 Å². The van der Waals surface area contributed by atoms with Crippen LogP contribution in [0, 0.1) is 5.92 Å². The van der Waals surface area contributed by atoms with Crippen LogP contribution in [0.2, 0.25) is 0 Å². The number of carboxylic acids is 1. The van der Waals surface area contributed by atoms with Crippen molar-refractivity contribution in [2.75, 3.05) is 0 Å². The standard InChI is InChI=1S/C15H21NO3/c1-3-11(2)9-14(17)16-13(15(18)19)10-12-7-5-4-6-8-12/h4-8,11,13H,3,9-10H2,1-2H3,(H,16,17)(H,18,19)/t11?,13-/m0/s1. The first kappa shape index (κ1) is 15.2. The summed E-state index contributed by atoms with van der Waals surface area (Å²) >= 11 is 0. The van der Waals surface area contributed by atoms with Gasteiger partial charge in [-0.3, -0.25) is 4.79 Å². The Balaban J connectivity index is 2.59. The molecule has 4 nitrogen and oxygen atoms in total. The number of rotatable bonds is 7. The molecule has 1 rings (SSSR count). The van der Waals surface area contributed by atoms with Crippen LogP contribution < -0.4 is 5.32 Å². The summed E-state index contributed by atoms with van der Waals surface area (Å²) in [5.41, 5.74) is 0.902. The van der Waals surface area contributed by atoms with E-state index in [1.54, 1.807) is 0 Å². The van der Waals surface area contributed by atoms with Gasteiger partial charge >= 0.3 is 5.97 Å². The average Bonchev–Trinajstić information content (AvgIpc) is 2.38. The summed E-state index contributed by atoms with van der Waals surface area (Å²) in [4.78, 5) is 22.9. The monoisotopic (exact) mass is 263 g/mol. The highest BCUT2D eigenvalue weighted by Crippen LogP contribution is 2.08. The summed E-state index contributed by atoms with van der Waals surface area (Å²) < 4.78 is 0. The number of amides is 1. The number of nitrogens with one attached hydrogen (secondary N) is 1. The van der Waals surface area contributed by atoms with E-state index in [1.165, 1.54) is 0 Å². The summed E-state index contributed by atoms with van der Waals surface area (Å²) in [6.07, 6.45) is 1.58. The van der Waals surface area contributed by atoms with Gasteiger partial charge in [-0.25, -0.2) is 4.79 Å². The fourth-order valence-electron chi connectivity index (χ4n) is 1.76. The van der Waals surface area contributed by atoms with E-state index in [4.69, 9.17) is 5.11 Å². The summed E-state index contributed by atoms with van der Waals surface area (Å²) in [7, 11) is 0. The van der Waals surface area contributed by atoms with Gasteiger partial charge in [-0.2, -0.15) is 0 Å². The van der Waals surface area contributed by atoms with Crippen molar-refractivity contribution in [3.63, 3.8) is 0 Å². The topological polar surface area (TPSA) is 66.4 Å². The lowest BCUT2D eigenvalue weighted by atomic mass is 10.0. The SMILES string of the molecule is CCC(C)CC(=O)N[C@@H](Cc1ccccc1)C(=O)O. The highest BCUT2D eigenvalue weighted by atomic mass is 16.4. The van der Waals surface area contributed by atoms with Crippen LogP contribution in [0.1, 0.15) is 32.3 Å². The molecule has 1 aromatic carbocycles. The molecule has 0 saturated heterocycles. The van der Waals surface area contributed by atoms with Gasteiger partial charge in [0.2, 0.25) is 5.91 Å². The Morgan fingerprint density at radius 3 is 2.42 bits per heavy atom. The van der Waals surface area contributed by atoms with Crippen LogP contribution in [0.4, 0.5) is 0 Å². The van der Waals surface area contributed by atoms with Crippen LogP contribution in [0.15, 0.2) is 30.3 Å². The van der Waals surface area contributed by atoms with Crippen molar-refractivity contribution in [3.8, 4) is 0 Å². The fourth-order valence-corrected chi connectivity index (χ4v) is 1.76. The fraction of sp³-hybridized carbons (Fsp3) is 0.467. The Labute approximate surface area is 113 Å². The van der Waals surface area contributed by atoms with E-state index in [-0.39, 0.29) is 11.8 Å². The lowest BCUT2D eigenvalue weighted by Gasteiger charge is -2.16. The van der Waals surface area contributed by atoms with Crippen LogP contribution in [0.3, 0.4) is 0 Å². The second kappa shape index (κ2) is 7.56. The van der Waals surface area contributed by atoms with Gasteiger partial charge in [-0.1, -0.05) is 50.6 Å². The van der Waals surface area contributed by atoms with E-state index in [1.807, 2.05) is 44.2 Å². The molecule has 104 valence electrons. The van der Waals surface area contributed by atoms with Crippen molar-refractivity contribution in [2.24, 2.45) is 5.92 Å². The summed E-state index contributed by atoms with van der Waals surface area (Å²) in [6.45, 7) is 3.99. The number of carbonyl (C=O) groups excluding carboxylic acids is 1. The Kier molecular flexibility index (Phi) is 6.06. The van der Waals surface area contributed by atoms with Crippen molar-refractivity contribution < 1.29 is 14.7 Å². The van der Waals surface area contributed by atoms with Gasteiger partial charge in [-0.05, 0) is 11.5 Å². The minimum atomic E-state index is -0.999. The van der Waals surface area contributed by atoms with E-state index in [9.17, 15) is 9.59 Å². The summed E-state index contributed by atoms with van der Waals surface area (Å²) in [5, 5.41) is 11.8. The van der Waals surface area contributed by atoms with E-state index < -0.39 is 12.0 Å². The van der Waals surface area contributed by atoms with Crippen molar-refractivity contribution in [1.82, 2.24) is 5.32 Å². The largest absolute Gasteiger partial charge is 0.480 e. The minimum Gasteiger partial charge on any atom is -0.480 e. The van der Waals surface area contributed by atoms with Crippen molar-refractivity contribution in [1.29, 1.82) is 0 Å². The molecule has 0 aliphatic carbocycles. The predicted molar refractivity (Wildman–Crippen MR) is 73.8 cm³/mol. The van der Waals surface area contributed by atoms with E-state index >= 15 is 0 Å². The number of aliphatic carboxylic acids is 1. The lowest BCUT2D eigenvalue weighted by Crippen LogP contribution is -2.42. The quantitative estimate of drug-likeness (QED) is 0.792. The molecule has 2 N–H and O–H groups in total. The minimum absolute atomic E-state index is 0.197. The molecule has 0 aromatic heterocycles. The second-order valence-electron chi connectivity index (χ2n) is 4.87. The molecule has 1 unspecified atom stereocenters. The van der Waals surface area contributed by atoms with Gasteiger partial charge in [0, 0.05) is 12.8 Å². The molecule has 1 amide bonds. The van der Waals surface area contributed by atoms with Crippen LogP contribution >= 0.6 is 0 Å². The number of carboxylic acid groups (broad SMARTS) is 1. The number of benzene rings is 1. The second-order valence-corrected chi connectivity index (χ2v) is 4.87. The third kappa shape index (κ3) is 5.55. The van der Waals surface area contributed by atoms with Gasteiger partial charge in [0.15, 0.2) is 0 Å². The van der Waals surface area contributed by atoms with Crippen LogP contribution in [-0.2, 0) is 16.0 Å². The molecule has 0 bridgehead atoms.